The normalized spacial score (nSPS) is 33.9. The van der Waals surface area contributed by atoms with E-state index in [-0.39, 0.29) is 5.41 Å². The highest BCUT2D eigenvalue weighted by molar-refractivity contribution is 5.14. The average Bonchev–Trinajstić information content (AvgIpc) is 2.60. The number of rotatable bonds is 1. The van der Waals surface area contributed by atoms with Crippen LogP contribution in [0.4, 0.5) is 0 Å². The van der Waals surface area contributed by atoms with Crippen molar-refractivity contribution >= 4 is 0 Å². The number of nitrogens with two attached hydrogens (primary N) is 1. The van der Waals surface area contributed by atoms with Crippen molar-refractivity contribution < 1.29 is 0 Å². The van der Waals surface area contributed by atoms with Gasteiger partial charge in [0, 0.05) is 18.5 Å². The van der Waals surface area contributed by atoms with Gasteiger partial charge in [-0.1, -0.05) is 6.92 Å². The molecule has 2 N–H and O–H groups in total. The third-order valence-corrected chi connectivity index (χ3v) is 3.00. The van der Waals surface area contributed by atoms with E-state index in [0.717, 1.165) is 25.0 Å². The Hall–Kier alpha value is -0.900. The molecule has 13 heavy (non-hydrogen) atoms. The number of aromatic nitrogens is 3. The topological polar surface area (TPSA) is 56.7 Å². The maximum Gasteiger partial charge on any atom is 0.0886 e. The number of nitrogens with zero attached hydrogens (tertiary/aromatic N) is 3. The third kappa shape index (κ3) is 1.46. The first-order valence-electron chi connectivity index (χ1n) is 4.72. The van der Waals surface area contributed by atoms with Crippen molar-refractivity contribution in [2.45, 2.75) is 37.6 Å². The third-order valence-electron chi connectivity index (χ3n) is 3.00. The van der Waals surface area contributed by atoms with Gasteiger partial charge in [-0.2, -0.15) is 15.0 Å². The Labute approximate surface area is 78.1 Å². The lowest BCUT2D eigenvalue weighted by Crippen LogP contribution is -2.23. The second-order valence-electron chi connectivity index (χ2n) is 4.28. The molecule has 2 atom stereocenters. The Bertz CT molecular complexity index is 306. The molecule has 0 aliphatic heterocycles. The largest absolute Gasteiger partial charge is 0.328 e. The predicted octanol–water partition coefficient (Wildman–Crippen LogP) is 0.584. The summed E-state index contributed by atoms with van der Waals surface area (Å²) in [5.41, 5.74) is 7.15. The van der Waals surface area contributed by atoms with Gasteiger partial charge in [0.1, 0.15) is 0 Å². The van der Waals surface area contributed by atoms with Gasteiger partial charge in [0.2, 0.25) is 0 Å². The summed E-state index contributed by atoms with van der Waals surface area (Å²) in [6.45, 7) is 2.23. The van der Waals surface area contributed by atoms with Crippen LogP contribution in [0.2, 0.25) is 0 Å². The second-order valence-corrected chi connectivity index (χ2v) is 4.28. The zero-order valence-corrected chi connectivity index (χ0v) is 8.20. The van der Waals surface area contributed by atoms with Crippen molar-refractivity contribution in [1.82, 2.24) is 15.0 Å². The molecule has 2 rings (SSSR count). The molecule has 0 spiro atoms. The van der Waals surface area contributed by atoms with Crippen molar-refractivity contribution in [3.63, 3.8) is 0 Å². The molecule has 1 heterocycles. The van der Waals surface area contributed by atoms with Crippen LogP contribution in [0.5, 0.6) is 0 Å². The molecule has 1 fully saturated rings. The van der Waals surface area contributed by atoms with Crippen LogP contribution in [0.3, 0.4) is 0 Å². The van der Waals surface area contributed by atoms with Gasteiger partial charge in [0.15, 0.2) is 0 Å². The van der Waals surface area contributed by atoms with Crippen LogP contribution in [0, 0.1) is 0 Å². The Kier molecular flexibility index (Phi) is 1.87. The highest BCUT2D eigenvalue weighted by Crippen LogP contribution is 2.38. The summed E-state index contributed by atoms with van der Waals surface area (Å²) in [5.74, 6) is 0. The van der Waals surface area contributed by atoms with Crippen LogP contribution >= 0.6 is 0 Å². The summed E-state index contributed by atoms with van der Waals surface area (Å²) in [5, 5.41) is 8.45. The Morgan fingerprint density at radius 1 is 1.69 bits per heavy atom. The van der Waals surface area contributed by atoms with E-state index in [1.54, 1.807) is 4.80 Å². The fourth-order valence-corrected chi connectivity index (χ4v) is 2.14. The van der Waals surface area contributed by atoms with Crippen molar-refractivity contribution in [3.8, 4) is 0 Å². The predicted molar refractivity (Wildman–Crippen MR) is 50.2 cm³/mol. The zero-order valence-electron chi connectivity index (χ0n) is 8.20. The monoisotopic (exact) mass is 180 g/mol. The van der Waals surface area contributed by atoms with Crippen LogP contribution < -0.4 is 5.73 Å². The lowest BCUT2D eigenvalue weighted by atomic mass is 9.85. The van der Waals surface area contributed by atoms with E-state index in [2.05, 4.69) is 17.1 Å². The van der Waals surface area contributed by atoms with Gasteiger partial charge in [0.05, 0.1) is 11.9 Å². The summed E-state index contributed by atoms with van der Waals surface area (Å²) in [4.78, 5) is 1.62. The molecule has 0 saturated heterocycles. The maximum atomic E-state index is 5.90. The quantitative estimate of drug-likeness (QED) is 0.688. The molecule has 1 aliphatic carbocycles. The first kappa shape index (κ1) is 8.69. The van der Waals surface area contributed by atoms with E-state index < -0.39 is 0 Å². The molecule has 1 aromatic heterocycles. The molecule has 2 unspecified atom stereocenters. The lowest BCUT2D eigenvalue weighted by Gasteiger charge is -2.20. The SMILES string of the molecule is Cn1ncc(C2(C)CCC(N)C2)n1. The van der Waals surface area contributed by atoms with Crippen LogP contribution in [-0.4, -0.2) is 21.0 Å². The summed E-state index contributed by atoms with van der Waals surface area (Å²) in [6.07, 6.45) is 5.13. The smallest absolute Gasteiger partial charge is 0.0886 e. The minimum Gasteiger partial charge on any atom is -0.328 e. The molecule has 1 aromatic rings. The Balaban J connectivity index is 2.25. The molecule has 0 bridgehead atoms. The Morgan fingerprint density at radius 2 is 2.46 bits per heavy atom. The van der Waals surface area contributed by atoms with Gasteiger partial charge < -0.3 is 5.73 Å². The van der Waals surface area contributed by atoms with Crippen molar-refractivity contribution in [2.75, 3.05) is 0 Å². The van der Waals surface area contributed by atoms with Gasteiger partial charge in [-0.05, 0) is 19.3 Å². The highest BCUT2D eigenvalue weighted by atomic mass is 15.4. The van der Waals surface area contributed by atoms with E-state index >= 15 is 0 Å². The summed E-state index contributed by atoms with van der Waals surface area (Å²) >= 11 is 0. The fourth-order valence-electron chi connectivity index (χ4n) is 2.14. The minimum absolute atomic E-state index is 0.160. The first-order chi connectivity index (χ1) is 6.10. The molecule has 0 aromatic carbocycles. The van der Waals surface area contributed by atoms with Crippen LogP contribution in [0.1, 0.15) is 31.9 Å². The van der Waals surface area contributed by atoms with E-state index in [4.69, 9.17) is 5.73 Å². The van der Waals surface area contributed by atoms with Crippen molar-refractivity contribution in [2.24, 2.45) is 12.8 Å². The van der Waals surface area contributed by atoms with Gasteiger partial charge in [-0.15, -0.1) is 0 Å². The second kappa shape index (κ2) is 2.80. The number of aryl methyl sites for hydroxylation is 1. The summed E-state index contributed by atoms with van der Waals surface area (Å²) < 4.78 is 0. The van der Waals surface area contributed by atoms with Gasteiger partial charge in [-0.25, -0.2) is 0 Å². The molecular weight excluding hydrogens is 164 g/mol. The van der Waals surface area contributed by atoms with Crippen LogP contribution in [-0.2, 0) is 12.5 Å². The Morgan fingerprint density at radius 3 is 2.92 bits per heavy atom. The molecule has 1 aliphatic rings. The first-order valence-corrected chi connectivity index (χ1v) is 4.72. The zero-order chi connectivity index (χ0) is 9.47. The van der Waals surface area contributed by atoms with E-state index in [9.17, 15) is 0 Å². The van der Waals surface area contributed by atoms with Crippen molar-refractivity contribution in [1.29, 1.82) is 0 Å². The van der Waals surface area contributed by atoms with E-state index in [0.29, 0.717) is 6.04 Å². The lowest BCUT2D eigenvalue weighted by molar-refractivity contribution is 0.459. The number of hydrogen-bond acceptors (Lipinski definition) is 3. The van der Waals surface area contributed by atoms with Gasteiger partial charge in [-0.3, -0.25) is 0 Å². The molecule has 72 valence electrons. The molecule has 4 nitrogen and oxygen atoms in total. The summed E-state index contributed by atoms with van der Waals surface area (Å²) in [6, 6.07) is 0.340. The summed E-state index contributed by atoms with van der Waals surface area (Å²) in [7, 11) is 1.85. The molecule has 0 amide bonds. The molecule has 0 radical (unpaired) electrons. The van der Waals surface area contributed by atoms with E-state index in [1.807, 2.05) is 13.2 Å². The minimum atomic E-state index is 0.160. The highest BCUT2D eigenvalue weighted by Gasteiger charge is 2.36. The van der Waals surface area contributed by atoms with Crippen LogP contribution in [0.15, 0.2) is 6.20 Å². The standard InChI is InChI=1S/C9H16N4/c1-9(4-3-7(10)5-9)8-6-11-13(2)12-8/h6-7H,3-5,10H2,1-2H3. The van der Waals surface area contributed by atoms with Crippen LogP contribution in [0.25, 0.3) is 0 Å². The molecule has 1 saturated carbocycles. The average molecular weight is 180 g/mol. The van der Waals surface area contributed by atoms with Gasteiger partial charge in [0.25, 0.3) is 0 Å². The fraction of sp³-hybridized carbons (Fsp3) is 0.778. The van der Waals surface area contributed by atoms with Crippen molar-refractivity contribution in [3.05, 3.63) is 11.9 Å². The molecule has 4 heteroatoms. The maximum absolute atomic E-state index is 5.90. The number of hydrogen-bond donors (Lipinski definition) is 1. The molecular formula is C9H16N4. The van der Waals surface area contributed by atoms with Gasteiger partial charge >= 0.3 is 0 Å². The van der Waals surface area contributed by atoms with E-state index in [1.165, 1.54) is 0 Å².